The molecule has 8 nitrogen and oxygen atoms in total. The molecule has 2 aromatic rings. The van der Waals surface area contributed by atoms with Gasteiger partial charge in [0.15, 0.2) is 4.98 Å². The molecule has 0 saturated carbocycles. The fourth-order valence-corrected chi connectivity index (χ4v) is 1.57. The largest absolute Gasteiger partial charge is 0.853 e. The number of nitro groups is 1. The summed E-state index contributed by atoms with van der Waals surface area (Å²) < 4.78 is 38.3. The van der Waals surface area contributed by atoms with Gasteiger partial charge in [-0.1, -0.05) is 0 Å². The minimum absolute atomic E-state index is 0.133. The lowest BCUT2D eigenvalue weighted by molar-refractivity contribution is -0.384. The number of nitro benzene ring substituents is 1. The van der Waals surface area contributed by atoms with E-state index in [-0.39, 0.29) is 11.4 Å². The number of hydrogen-bond acceptors (Lipinski definition) is 5. The van der Waals surface area contributed by atoms with E-state index in [4.69, 9.17) is 5.39 Å². The van der Waals surface area contributed by atoms with Gasteiger partial charge in [0.05, 0.1) is 16.5 Å². The summed E-state index contributed by atoms with van der Waals surface area (Å²) in [7, 11) is 0. The van der Waals surface area contributed by atoms with E-state index in [1.165, 1.54) is 0 Å². The molecule has 21 heavy (non-hydrogen) atoms. The van der Waals surface area contributed by atoms with Gasteiger partial charge in [0.25, 0.3) is 11.4 Å². The van der Waals surface area contributed by atoms with Crippen LogP contribution in [0.1, 0.15) is 5.69 Å². The summed E-state index contributed by atoms with van der Waals surface area (Å²) in [4.78, 5) is 12.1. The number of rotatable bonds is 2. The zero-order chi connectivity index (χ0) is 15.8. The minimum Gasteiger partial charge on any atom is -0.853 e. The molecule has 11 heteroatoms. The van der Waals surface area contributed by atoms with Crippen molar-refractivity contribution in [2.24, 2.45) is 0 Å². The number of diazo groups is 1. The highest BCUT2D eigenvalue weighted by atomic mass is 19.4. The number of alkyl halides is 3. The first kappa shape index (κ1) is 14.3. The van der Waals surface area contributed by atoms with Crippen LogP contribution in [0.5, 0.6) is 5.88 Å². The van der Waals surface area contributed by atoms with Crippen molar-refractivity contribution in [1.29, 1.82) is 5.39 Å². The Hall–Kier alpha value is -3.16. The van der Waals surface area contributed by atoms with Crippen LogP contribution in [-0.4, -0.2) is 14.7 Å². The van der Waals surface area contributed by atoms with Crippen molar-refractivity contribution in [1.82, 2.24) is 9.78 Å². The predicted octanol–water partition coefficient (Wildman–Crippen LogP) is 2.36. The van der Waals surface area contributed by atoms with E-state index < -0.39 is 28.4 Å². The first-order chi connectivity index (χ1) is 9.75. The van der Waals surface area contributed by atoms with Gasteiger partial charge in [-0.05, 0) is 12.1 Å². The summed E-state index contributed by atoms with van der Waals surface area (Å²) in [6.45, 7) is 0. The average Bonchev–Trinajstić information content (AvgIpc) is 2.75. The van der Waals surface area contributed by atoms with Gasteiger partial charge in [-0.3, -0.25) is 10.1 Å². The molecule has 0 aliphatic carbocycles. The van der Waals surface area contributed by atoms with Crippen molar-refractivity contribution < 1.29 is 23.2 Å². The Morgan fingerprint density at radius 1 is 1.29 bits per heavy atom. The maximum atomic E-state index is 12.6. The first-order valence-corrected chi connectivity index (χ1v) is 5.23. The number of halogens is 3. The molecule has 0 unspecified atom stereocenters. The Balaban J connectivity index is 2.58. The second kappa shape index (κ2) is 4.75. The van der Waals surface area contributed by atoms with E-state index in [0.29, 0.717) is 4.68 Å². The van der Waals surface area contributed by atoms with Gasteiger partial charge >= 0.3 is 11.9 Å². The fourth-order valence-electron chi connectivity index (χ4n) is 1.57. The summed E-state index contributed by atoms with van der Waals surface area (Å²) >= 11 is 0. The summed E-state index contributed by atoms with van der Waals surface area (Å²) in [5.41, 5.74) is -3.33. The first-order valence-electron chi connectivity index (χ1n) is 5.23. The summed E-state index contributed by atoms with van der Waals surface area (Å²) in [6.07, 6.45) is -4.98. The van der Waals surface area contributed by atoms with E-state index in [9.17, 15) is 28.4 Å². The van der Waals surface area contributed by atoms with Crippen molar-refractivity contribution in [2.75, 3.05) is 0 Å². The van der Waals surface area contributed by atoms with Crippen LogP contribution in [0.3, 0.4) is 0 Å². The molecular weight excluding hydrogens is 295 g/mol. The summed E-state index contributed by atoms with van der Waals surface area (Å²) in [5, 5.41) is 33.8. The third kappa shape index (κ3) is 2.46. The number of nitrogens with zero attached hydrogens (tertiary/aromatic N) is 5. The molecule has 108 valence electrons. The van der Waals surface area contributed by atoms with Crippen LogP contribution in [0.4, 0.5) is 24.5 Å². The molecule has 2 rings (SSSR count). The van der Waals surface area contributed by atoms with Crippen LogP contribution in [0.15, 0.2) is 24.3 Å². The number of non-ortho nitro benzene ring substituents is 1. The highest BCUT2D eigenvalue weighted by Crippen LogP contribution is 2.40. The summed E-state index contributed by atoms with van der Waals surface area (Å²) in [6, 6.07) is 4.10. The number of aromatic nitrogens is 2. The quantitative estimate of drug-likeness (QED) is 0.480. The molecule has 1 aromatic heterocycles. The zero-order valence-corrected chi connectivity index (χ0v) is 9.90. The molecule has 1 aromatic carbocycles. The van der Waals surface area contributed by atoms with Crippen LogP contribution in [0, 0.1) is 15.5 Å². The average molecular weight is 299 g/mol. The van der Waals surface area contributed by atoms with E-state index in [1.807, 2.05) is 0 Å². The van der Waals surface area contributed by atoms with Crippen LogP contribution in [0.2, 0.25) is 0 Å². The van der Waals surface area contributed by atoms with E-state index in [1.54, 1.807) is 0 Å². The lowest BCUT2D eigenvalue weighted by atomic mass is 10.3. The monoisotopic (exact) mass is 299 g/mol. The van der Waals surface area contributed by atoms with Crippen molar-refractivity contribution in [3.63, 3.8) is 0 Å². The van der Waals surface area contributed by atoms with Gasteiger partial charge in [-0.25, -0.2) is 4.68 Å². The molecule has 0 atom stereocenters. The van der Waals surface area contributed by atoms with Crippen molar-refractivity contribution in [3.8, 4) is 11.6 Å². The predicted molar refractivity (Wildman–Crippen MR) is 59.4 cm³/mol. The summed E-state index contributed by atoms with van der Waals surface area (Å²) in [5.74, 6) is -1.29. The van der Waals surface area contributed by atoms with Crippen LogP contribution in [0.25, 0.3) is 10.7 Å². The van der Waals surface area contributed by atoms with Crippen LogP contribution < -0.4 is 5.11 Å². The highest BCUT2D eigenvalue weighted by Gasteiger charge is 2.44. The smallest absolute Gasteiger partial charge is 0.443 e. The molecule has 0 bridgehead atoms. The molecule has 0 spiro atoms. The van der Waals surface area contributed by atoms with Gasteiger partial charge in [-0.15, -0.1) is 0 Å². The third-order valence-corrected chi connectivity index (χ3v) is 2.49. The van der Waals surface area contributed by atoms with E-state index in [0.717, 1.165) is 24.3 Å². The second-order valence-electron chi connectivity index (χ2n) is 3.79. The molecule has 0 amide bonds. The molecule has 0 N–H and O–H groups in total. The van der Waals surface area contributed by atoms with Gasteiger partial charge in [0.2, 0.25) is 5.39 Å². The molecule has 0 fully saturated rings. The lowest BCUT2D eigenvalue weighted by Crippen LogP contribution is -2.08. The topological polar surface area (TPSA) is 112 Å². The second-order valence-corrected chi connectivity index (χ2v) is 3.79. The normalized spacial score (nSPS) is 11.1. The maximum absolute atomic E-state index is 12.6. The maximum Gasteiger partial charge on any atom is 0.443 e. The Morgan fingerprint density at radius 3 is 2.24 bits per heavy atom. The van der Waals surface area contributed by atoms with Gasteiger partial charge < -0.3 is 5.11 Å². The Kier molecular flexibility index (Phi) is 3.22. The molecule has 0 saturated heterocycles. The number of hydrogen-bond donors (Lipinski definition) is 0. The molecule has 1 heterocycles. The van der Waals surface area contributed by atoms with Crippen LogP contribution in [-0.2, 0) is 6.18 Å². The van der Waals surface area contributed by atoms with Crippen molar-refractivity contribution >= 4 is 11.4 Å². The van der Waals surface area contributed by atoms with Crippen molar-refractivity contribution in [2.45, 2.75) is 6.18 Å². The van der Waals surface area contributed by atoms with Crippen molar-refractivity contribution in [3.05, 3.63) is 45.0 Å². The fraction of sp³-hybridized carbons (Fsp3) is 0.100. The SMILES string of the molecule is N#[N+]c1c(C(F)(F)F)nn(-c2ccc([N+](=O)[O-])cc2)c1[O-]. The molecule has 0 radical (unpaired) electrons. The molecule has 0 aliphatic rings. The number of benzene rings is 1. The highest BCUT2D eigenvalue weighted by molar-refractivity contribution is 5.60. The Bertz CT molecular complexity index is 745. The van der Waals surface area contributed by atoms with E-state index >= 15 is 0 Å². The molecular formula is C10H4F3N5O3. The van der Waals surface area contributed by atoms with Gasteiger partial charge in [-0.2, -0.15) is 18.3 Å². The zero-order valence-electron chi connectivity index (χ0n) is 9.90. The Morgan fingerprint density at radius 2 is 1.86 bits per heavy atom. The lowest BCUT2D eigenvalue weighted by Gasteiger charge is -2.07. The van der Waals surface area contributed by atoms with Crippen LogP contribution >= 0.6 is 0 Å². The van der Waals surface area contributed by atoms with E-state index in [2.05, 4.69) is 10.1 Å². The van der Waals surface area contributed by atoms with Gasteiger partial charge in [0, 0.05) is 12.1 Å². The standard InChI is InChI=1S/C10H4F3N5O3/c11-10(12,13)8-7(15-14)9(19)17(16-8)5-1-3-6(4-2-5)18(20)21/h1-4H. The van der Waals surface area contributed by atoms with Gasteiger partial charge in [0.1, 0.15) is 0 Å². The molecule has 0 aliphatic heterocycles. The Labute approximate surface area is 113 Å². The third-order valence-electron chi connectivity index (χ3n) is 2.49. The minimum atomic E-state index is -4.98.